The Morgan fingerprint density at radius 2 is 2.44 bits per heavy atom. The van der Waals surface area contributed by atoms with E-state index in [1.54, 1.807) is 0 Å². The van der Waals surface area contributed by atoms with Gasteiger partial charge in [-0.15, -0.1) is 16.7 Å². The van der Waals surface area contributed by atoms with E-state index in [-0.39, 0.29) is 40.1 Å². The standard InChI is InChI=1S/C14H18NOS.W/c1-15-5-4-14(17)8-12(15)7-11-3-2-10(9-16)6-13(11)14;/h2-3,12,16-17H,4-5,7-9H2,1H3;/q-1;/t12?,14-;/m1./s1/i8T;/t8?,12?,14-;. The van der Waals surface area contributed by atoms with Crippen molar-refractivity contribution in [2.24, 2.45) is 0 Å². The van der Waals surface area contributed by atoms with Crippen molar-refractivity contribution < 1.29 is 27.5 Å². The van der Waals surface area contributed by atoms with Crippen LogP contribution >= 0.6 is 12.6 Å². The first-order valence-corrected chi connectivity index (χ1v) is 6.51. The van der Waals surface area contributed by atoms with Crippen LogP contribution in [0, 0.1) is 6.07 Å². The Hall–Kier alpha value is 0.178. The van der Waals surface area contributed by atoms with Crippen molar-refractivity contribution in [3.05, 3.63) is 34.9 Å². The number of benzene rings is 1. The van der Waals surface area contributed by atoms with E-state index in [0.29, 0.717) is 0 Å². The van der Waals surface area contributed by atoms with Gasteiger partial charge in [0.05, 0.1) is 0 Å². The van der Waals surface area contributed by atoms with Gasteiger partial charge in [-0.25, -0.2) is 0 Å². The van der Waals surface area contributed by atoms with E-state index in [1.165, 1.54) is 5.56 Å². The van der Waals surface area contributed by atoms with Gasteiger partial charge in [0.2, 0.25) is 0 Å². The van der Waals surface area contributed by atoms with E-state index in [0.717, 1.165) is 30.5 Å². The Labute approximate surface area is 130 Å². The number of aliphatic hydroxyl groups is 1. The number of thiol groups is 1. The van der Waals surface area contributed by atoms with Crippen molar-refractivity contribution in [2.45, 2.75) is 36.6 Å². The summed E-state index contributed by atoms with van der Waals surface area (Å²) in [6.07, 6.45) is 1.54. The summed E-state index contributed by atoms with van der Waals surface area (Å²) in [7, 11) is 2.09. The molecule has 1 aromatic rings. The topological polar surface area (TPSA) is 23.5 Å². The van der Waals surface area contributed by atoms with Gasteiger partial charge in [0.25, 0.3) is 0 Å². The van der Waals surface area contributed by atoms with Crippen molar-refractivity contribution in [2.75, 3.05) is 13.6 Å². The maximum Gasteiger partial charge on any atom is 0.0457 e. The van der Waals surface area contributed by atoms with E-state index in [1.807, 2.05) is 6.07 Å². The van der Waals surface area contributed by atoms with E-state index >= 15 is 0 Å². The second-order valence-corrected chi connectivity index (χ2v) is 5.93. The third kappa shape index (κ3) is 2.31. The first-order chi connectivity index (χ1) is 8.56. The Balaban J connectivity index is 0.00000133. The van der Waals surface area contributed by atoms with Crippen LogP contribution in [0.25, 0.3) is 0 Å². The molecule has 98 valence electrons. The number of likely N-dealkylation sites (N-methyl/N-ethyl adjacent to an activating group) is 1. The molecule has 1 N–H and O–H groups in total. The Morgan fingerprint density at radius 3 is 3.17 bits per heavy atom. The molecular formula is C14H18NOSW-. The van der Waals surface area contributed by atoms with Crippen LogP contribution in [-0.2, 0) is 38.8 Å². The molecule has 2 unspecified atom stereocenters. The normalized spacial score (nSPS) is 35.4. The molecule has 3 atom stereocenters. The van der Waals surface area contributed by atoms with Crippen LogP contribution in [0.1, 0.15) is 30.9 Å². The molecule has 2 bridgehead atoms. The van der Waals surface area contributed by atoms with Crippen molar-refractivity contribution in [1.29, 1.82) is 0 Å². The number of aliphatic hydroxyl groups excluding tert-OH is 1. The molecule has 0 spiro atoms. The Kier molecular flexibility index (Phi) is 3.87. The zero-order valence-corrected chi connectivity index (χ0v) is 14.2. The second kappa shape index (κ2) is 5.28. The number of nitrogens with zero attached hydrogens (tertiary/aromatic N) is 1. The third-order valence-electron chi connectivity index (χ3n) is 4.00. The number of hydrogen-bond acceptors (Lipinski definition) is 3. The van der Waals surface area contributed by atoms with Gasteiger partial charge in [-0.3, -0.25) is 0 Å². The minimum atomic E-state index is -0.407. The first-order valence-electron chi connectivity index (χ1n) is 6.64. The van der Waals surface area contributed by atoms with Crippen LogP contribution < -0.4 is 0 Å². The molecule has 0 radical (unpaired) electrons. The SMILES string of the molecule is [3H]C1C2Cc3ccc(CO)[c-]c3[C@@]1(S)CCN2C.[W]. The zero-order chi connectivity index (χ0) is 12.9. The van der Waals surface area contributed by atoms with E-state index in [9.17, 15) is 5.11 Å². The molecule has 0 saturated carbocycles. The molecule has 1 fully saturated rings. The summed E-state index contributed by atoms with van der Waals surface area (Å²) in [6.45, 7) is 0.976. The fourth-order valence-corrected chi connectivity index (χ4v) is 3.38. The van der Waals surface area contributed by atoms with Gasteiger partial charge in [-0.1, -0.05) is 6.42 Å². The third-order valence-corrected chi connectivity index (χ3v) is 4.60. The number of hydrogen-bond donors (Lipinski definition) is 2. The van der Waals surface area contributed by atoms with Gasteiger partial charge >= 0.3 is 0 Å². The second-order valence-electron chi connectivity index (χ2n) is 5.13. The van der Waals surface area contributed by atoms with Crippen molar-refractivity contribution in [3.63, 3.8) is 0 Å². The average molecular weight is 434 g/mol. The Bertz CT molecular complexity index is 487. The van der Waals surface area contributed by atoms with Gasteiger partial charge in [0.15, 0.2) is 0 Å². The van der Waals surface area contributed by atoms with Crippen molar-refractivity contribution >= 4 is 12.6 Å². The molecule has 3 rings (SSSR count). The van der Waals surface area contributed by atoms with Gasteiger partial charge in [-0.2, -0.15) is 30.8 Å². The minimum Gasteiger partial charge on any atom is -0.394 e. The summed E-state index contributed by atoms with van der Waals surface area (Å²) in [6, 6.07) is 7.53. The summed E-state index contributed by atoms with van der Waals surface area (Å²) < 4.78 is 8.06. The molecule has 1 aliphatic carbocycles. The number of likely N-dealkylation sites (tertiary alicyclic amines) is 1. The minimum absolute atomic E-state index is 0. The van der Waals surface area contributed by atoms with E-state index in [2.05, 4.69) is 24.1 Å². The van der Waals surface area contributed by atoms with Crippen LogP contribution in [0.3, 0.4) is 0 Å². The summed E-state index contributed by atoms with van der Waals surface area (Å²) in [5, 5.41) is 9.24. The predicted octanol–water partition coefficient (Wildman–Crippen LogP) is 1.75. The van der Waals surface area contributed by atoms with Gasteiger partial charge in [0.1, 0.15) is 0 Å². The maximum atomic E-state index is 9.24. The molecule has 0 amide bonds. The Morgan fingerprint density at radius 1 is 1.67 bits per heavy atom. The number of piperidine rings is 1. The largest absolute Gasteiger partial charge is 0.394 e. The first kappa shape index (κ1) is 13.2. The van der Waals surface area contributed by atoms with Crippen LogP contribution in [0.4, 0.5) is 0 Å². The molecule has 1 aromatic carbocycles. The molecule has 4 heteroatoms. The van der Waals surface area contributed by atoms with E-state index < -0.39 is 4.75 Å². The van der Waals surface area contributed by atoms with Crippen molar-refractivity contribution in [1.82, 2.24) is 4.90 Å². The zero-order valence-electron chi connectivity index (χ0n) is 11.4. The molecule has 2 nitrogen and oxygen atoms in total. The molecule has 1 aliphatic heterocycles. The molecule has 1 heterocycles. The summed E-state index contributed by atoms with van der Waals surface area (Å²) in [5.74, 6) is 0. The molecule has 1 saturated heterocycles. The smallest absolute Gasteiger partial charge is 0.0457 e. The molecular weight excluding hydrogens is 414 g/mol. The van der Waals surface area contributed by atoms with E-state index in [4.69, 9.17) is 14.0 Å². The van der Waals surface area contributed by atoms with Crippen molar-refractivity contribution in [3.8, 4) is 0 Å². The van der Waals surface area contributed by atoms with Crippen LogP contribution in [0.15, 0.2) is 12.1 Å². The van der Waals surface area contributed by atoms with Crippen LogP contribution in [0.2, 0.25) is 0 Å². The van der Waals surface area contributed by atoms with Crippen LogP contribution in [-0.4, -0.2) is 29.6 Å². The summed E-state index contributed by atoms with van der Waals surface area (Å²) >= 11 is 4.83. The average Bonchev–Trinajstić information content (AvgIpc) is 2.38. The molecule has 18 heavy (non-hydrogen) atoms. The molecule has 2 aliphatic rings. The molecule has 0 aromatic heterocycles. The fourth-order valence-electron chi connectivity index (χ4n) is 2.91. The van der Waals surface area contributed by atoms with Crippen LogP contribution in [0.5, 0.6) is 0 Å². The predicted molar refractivity (Wildman–Crippen MR) is 71.2 cm³/mol. The summed E-state index contributed by atoms with van der Waals surface area (Å²) in [4.78, 5) is 2.27. The summed E-state index contributed by atoms with van der Waals surface area (Å²) in [5.41, 5.74) is 3.08. The van der Waals surface area contributed by atoms with Gasteiger partial charge in [-0.05, 0) is 26.4 Å². The maximum absolute atomic E-state index is 9.24. The quantitative estimate of drug-likeness (QED) is 0.520. The number of rotatable bonds is 1. The van der Waals surface area contributed by atoms with Gasteiger partial charge in [0, 0.05) is 39.8 Å². The monoisotopic (exact) mass is 434 g/mol. The fraction of sp³-hybridized carbons (Fsp3) is 0.571. The number of fused-ring (bicyclic) bond motifs is 4. The van der Waals surface area contributed by atoms with Gasteiger partial charge < -0.3 is 10.0 Å².